The zero-order chi connectivity index (χ0) is 21.9. The van der Waals surface area contributed by atoms with E-state index in [0.717, 1.165) is 30.8 Å². The Kier molecular flexibility index (Phi) is 7.06. The fourth-order valence-electron chi connectivity index (χ4n) is 3.47. The zero-order valence-electron chi connectivity index (χ0n) is 17.6. The third kappa shape index (κ3) is 4.96. The number of benzene rings is 2. The fraction of sp³-hybridized carbons (Fsp3) is 0.409. The summed E-state index contributed by atoms with van der Waals surface area (Å²) in [6.07, 6.45) is 0. The molecule has 0 atom stereocenters. The van der Waals surface area contributed by atoms with Gasteiger partial charge in [0.15, 0.2) is 0 Å². The monoisotopic (exact) mass is 449 g/mol. The highest BCUT2D eigenvalue weighted by Gasteiger charge is 2.30. The highest BCUT2D eigenvalue weighted by molar-refractivity contribution is 7.92. The smallest absolute Gasteiger partial charge is 0.264 e. The fourth-order valence-corrected chi connectivity index (χ4v) is 5.00. The van der Waals surface area contributed by atoms with Gasteiger partial charge in [0.25, 0.3) is 10.0 Å². The largest absolute Gasteiger partial charge is 0.339 e. The van der Waals surface area contributed by atoms with E-state index in [1.807, 2.05) is 26.0 Å². The van der Waals surface area contributed by atoms with Crippen molar-refractivity contribution in [2.75, 3.05) is 43.6 Å². The minimum Gasteiger partial charge on any atom is -0.339 e. The maximum absolute atomic E-state index is 13.5. The zero-order valence-corrected chi connectivity index (χ0v) is 19.2. The van der Waals surface area contributed by atoms with Gasteiger partial charge in [-0.3, -0.25) is 9.10 Å². The van der Waals surface area contributed by atoms with Crippen LogP contribution < -0.4 is 4.31 Å². The summed E-state index contributed by atoms with van der Waals surface area (Å²) in [6, 6.07) is 11.5. The molecule has 1 aliphatic rings. The van der Waals surface area contributed by atoms with Crippen molar-refractivity contribution >= 4 is 33.2 Å². The number of rotatable bonds is 6. The van der Waals surface area contributed by atoms with E-state index < -0.39 is 10.0 Å². The lowest BCUT2D eigenvalue weighted by atomic mass is 10.1. The van der Waals surface area contributed by atoms with Gasteiger partial charge in [0.05, 0.1) is 10.6 Å². The SMILES string of the molecule is CCN1CCN(C(=O)CN(c2ccc(C)c(C)c2)S(=O)(=O)c2ccc(Cl)cc2)CC1. The summed E-state index contributed by atoms with van der Waals surface area (Å²) in [7, 11) is -3.93. The van der Waals surface area contributed by atoms with Crippen LogP contribution in [0.4, 0.5) is 5.69 Å². The van der Waals surface area contributed by atoms with Gasteiger partial charge in [-0.05, 0) is 67.9 Å². The first-order valence-corrected chi connectivity index (χ1v) is 11.9. The Balaban J connectivity index is 1.92. The summed E-state index contributed by atoms with van der Waals surface area (Å²) in [6.45, 7) is 9.51. The maximum atomic E-state index is 13.5. The van der Waals surface area contributed by atoms with Gasteiger partial charge in [0.1, 0.15) is 6.54 Å². The number of likely N-dealkylation sites (N-methyl/N-ethyl adjacent to an activating group) is 1. The Hall–Kier alpha value is -2.09. The van der Waals surface area contributed by atoms with Crippen molar-refractivity contribution in [3.8, 4) is 0 Å². The van der Waals surface area contributed by atoms with Crippen LogP contribution >= 0.6 is 11.6 Å². The molecule has 0 N–H and O–H groups in total. The van der Waals surface area contributed by atoms with Gasteiger partial charge in [0, 0.05) is 31.2 Å². The number of carbonyl (C=O) groups excluding carboxylic acids is 1. The molecule has 1 heterocycles. The maximum Gasteiger partial charge on any atom is 0.264 e. The van der Waals surface area contributed by atoms with Crippen LogP contribution in [-0.2, 0) is 14.8 Å². The molecule has 0 bridgehead atoms. The molecule has 6 nitrogen and oxygen atoms in total. The van der Waals surface area contributed by atoms with Crippen LogP contribution in [0, 0.1) is 13.8 Å². The lowest BCUT2D eigenvalue weighted by Crippen LogP contribution is -2.51. The first-order valence-electron chi connectivity index (χ1n) is 10.1. The van der Waals surface area contributed by atoms with Gasteiger partial charge in [-0.15, -0.1) is 0 Å². The van der Waals surface area contributed by atoms with Crippen LogP contribution in [0.15, 0.2) is 47.4 Å². The van der Waals surface area contributed by atoms with Gasteiger partial charge in [-0.25, -0.2) is 8.42 Å². The van der Waals surface area contributed by atoms with Gasteiger partial charge in [0.2, 0.25) is 5.91 Å². The highest BCUT2D eigenvalue weighted by Crippen LogP contribution is 2.27. The summed E-state index contributed by atoms with van der Waals surface area (Å²) in [5.74, 6) is -0.193. The van der Waals surface area contributed by atoms with Crippen molar-refractivity contribution < 1.29 is 13.2 Å². The van der Waals surface area contributed by atoms with E-state index >= 15 is 0 Å². The number of amides is 1. The number of hydrogen-bond acceptors (Lipinski definition) is 4. The Bertz CT molecular complexity index is 1000. The highest BCUT2D eigenvalue weighted by atomic mass is 35.5. The van der Waals surface area contributed by atoms with Crippen LogP contribution in [-0.4, -0.2) is 63.4 Å². The van der Waals surface area contributed by atoms with Crippen LogP contribution in [0.2, 0.25) is 5.02 Å². The van der Waals surface area contributed by atoms with E-state index in [2.05, 4.69) is 11.8 Å². The van der Waals surface area contributed by atoms with E-state index in [1.54, 1.807) is 23.1 Å². The van der Waals surface area contributed by atoms with Crippen LogP contribution in [0.5, 0.6) is 0 Å². The van der Waals surface area contributed by atoms with E-state index in [0.29, 0.717) is 23.8 Å². The van der Waals surface area contributed by atoms with Gasteiger partial charge in [-0.1, -0.05) is 24.6 Å². The molecule has 2 aromatic rings. The lowest BCUT2D eigenvalue weighted by Gasteiger charge is -2.35. The van der Waals surface area contributed by atoms with E-state index in [1.165, 1.54) is 16.4 Å². The summed E-state index contributed by atoms with van der Waals surface area (Å²) < 4.78 is 28.1. The summed E-state index contributed by atoms with van der Waals surface area (Å²) in [5.41, 5.74) is 2.51. The number of anilines is 1. The van der Waals surface area contributed by atoms with Crippen molar-refractivity contribution in [1.29, 1.82) is 0 Å². The number of carbonyl (C=O) groups is 1. The van der Waals surface area contributed by atoms with Crippen molar-refractivity contribution in [1.82, 2.24) is 9.80 Å². The molecule has 1 aliphatic heterocycles. The van der Waals surface area contributed by atoms with E-state index in [-0.39, 0.29) is 17.3 Å². The standard InChI is InChI=1S/C22H28ClN3O3S/c1-4-24-11-13-25(14-12-24)22(27)16-26(20-8-5-17(2)18(3)15-20)30(28,29)21-9-6-19(23)7-10-21/h5-10,15H,4,11-14,16H2,1-3H3. The molecule has 1 fully saturated rings. The van der Waals surface area contributed by atoms with Crippen molar-refractivity contribution in [3.63, 3.8) is 0 Å². The second kappa shape index (κ2) is 9.37. The Morgan fingerprint density at radius 3 is 2.20 bits per heavy atom. The Labute approximate surface area is 184 Å². The molecule has 0 aliphatic carbocycles. The van der Waals surface area contributed by atoms with Gasteiger partial charge >= 0.3 is 0 Å². The number of hydrogen-bond donors (Lipinski definition) is 0. The molecular formula is C22H28ClN3O3S. The normalized spacial score (nSPS) is 15.3. The molecule has 162 valence electrons. The molecule has 0 spiro atoms. The Morgan fingerprint density at radius 1 is 1.00 bits per heavy atom. The number of halogens is 1. The summed E-state index contributed by atoms with van der Waals surface area (Å²) in [5, 5.41) is 0.455. The van der Waals surface area contributed by atoms with Crippen LogP contribution in [0.25, 0.3) is 0 Å². The number of piperazine rings is 1. The lowest BCUT2D eigenvalue weighted by molar-refractivity contribution is -0.131. The minimum atomic E-state index is -3.93. The van der Waals surface area contributed by atoms with E-state index in [4.69, 9.17) is 11.6 Å². The second-order valence-electron chi connectivity index (χ2n) is 7.55. The average molecular weight is 450 g/mol. The average Bonchev–Trinajstić information content (AvgIpc) is 2.74. The summed E-state index contributed by atoms with van der Waals surface area (Å²) in [4.78, 5) is 17.2. The molecule has 0 unspecified atom stereocenters. The molecule has 3 rings (SSSR count). The van der Waals surface area contributed by atoms with Gasteiger partial charge in [-0.2, -0.15) is 0 Å². The number of sulfonamides is 1. The topological polar surface area (TPSA) is 60.9 Å². The van der Waals surface area contributed by atoms with E-state index in [9.17, 15) is 13.2 Å². The molecule has 2 aromatic carbocycles. The predicted molar refractivity (Wildman–Crippen MR) is 121 cm³/mol. The molecular weight excluding hydrogens is 422 g/mol. The molecule has 1 saturated heterocycles. The van der Waals surface area contributed by atoms with Crippen LogP contribution in [0.1, 0.15) is 18.1 Å². The summed E-state index contributed by atoms with van der Waals surface area (Å²) >= 11 is 5.93. The molecule has 30 heavy (non-hydrogen) atoms. The second-order valence-corrected chi connectivity index (χ2v) is 9.85. The number of aryl methyl sites for hydroxylation is 2. The Morgan fingerprint density at radius 2 is 1.63 bits per heavy atom. The molecule has 0 radical (unpaired) electrons. The molecule has 0 aromatic heterocycles. The van der Waals surface area contributed by atoms with Crippen LogP contribution in [0.3, 0.4) is 0 Å². The van der Waals surface area contributed by atoms with Crippen molar-refractivity contribution in [2.24, 2.45) is 0 Å². The van der Waals surface area contributed by atoms with Gasteiger partial charge < -0.3 is 9.80 Å². The minimum absolute atomic E-state index is 0.105. The molecule has 1 amide bonds. The molecule has 8 heteroatoms. The molecule has 0 saturated carbocycles. The predicted octanol–water partition coefficient (Wildman–Crippen LogP) is 3.32. The third-order valence-corrected chi connectivity index (χ3v) is 7.67. The third-order valence-electron chi connectivity index (χ3n) is 5.63. The van der Waals surface area contributed by atoms with Crippen molar-refractivity contribution in [3.05, 3.63) is 58.6 Å². The first kappa shape index (κ1) is 22.6. The van der Waals surface area contributed by atoms with Crippen molar-refractivity contribution in [2.45, 2.75) is 25.7 Å². The first-order chi connectivity index (χ1) is 14.2. The number of nitrogens with zero attached hydrogens (tertiary/aromatic N) is 3. The quantitative estimate of drug-likeness (QED) is 0.678.